The maximum atomic E-state index is 6.40. The Morgan fingerprint density at radius 3 is 2.67 bits per heavy atom. The third-order valence-electron chi connectivity index (χ3n) is 5.11. The molecule has 2 aliphatic heterocycles. The summed E-state index contributed by atoms with van der Waals surface area (Å²) in [6, 6.07) is 11.5. The third-order valence-corrected chi connectivity index (χ3v) is 5.11. The van der Waals surface area contributed by atoms with E-state index in [0.29, 0.717) is 12.0 Å². The van der Waals surface area contributed by atoms with Crippen LogP contribution < -0.4 is 0 Å². The average Bonchev–Trinajstić information content (AvgIpc) is 2.81. The largest absolute Gasteiger partial charge is 0.291 e. The fourth-order valence-corrected chi connectivity index (χ4v) is 3.98. The van der Waals surface area contributed by atoms with E-state index in [1.54, 1.807) is 0 Å². The minimum Gasteiger partial charge on any atom is -0.291 e. The Kier molecular flexibility index (Phi) is 2.06. The molecule has 0 N–H and O–H groups in total. The van der Waals surface area contributed by atoms with E-state index in [1.165, 1.54) is 31.2 Å². The summed E-state index contributed by atoms with van der Waals surface area (Å²) in [4.78, 5) is 6.40. The zero-order chi connectivity index (χ0) is 12.4. The number of benzene rings is 1. The van der Waals surface area contributed by atoms with Crippen LogP contribution in [0.25, 0.3) is 0 Å². The Labute approximate surface area is 109 Å². The van der Waals surface area contributed by atoms with Gasteiger partial charge in [0.2, 0.25) is 0 Å². The Hall–Kier alpha value is -0.860. The fraction of sp³-hybridized carbons (Fsp3) is 0.625. The molecule has 1 aromatic rings. The van der Waals surface area contributed by atoms with Gasteiger partial charge in [0.1, 0.15) is 0 Å². The topological polar surface area (TPSA) is 12.5 Å². The van der Waals surface area contributed by atoms with E-state index in [2.05, 4.69) is 49.2 Å². The van der Waals surface area contributed by atoms with Gasteiger partial charge in [-0.2, -0.15) is 5.06 Å². The van der Waals surface area contributed by atoms with Gasteiger partial charge in [0.15, 0.2) is 0 Å². The van der Waals surface area contributed by atoms with E-state index in [0.717, 1.165) is 0 Å². The summed E-state index contributed by atoms with van der Waals surface area (Å²) in [5.41, 5.74) is 1.83. The van der Waals surface area contributed by atoms with E-state index in [1.807, 2.05) is 0 Å². The second-order valence-corrected chi connectivity index (χ2v) is 6.86. The van der Waals surface area contributed by atoms with Crippen LogP contribution in [0.15, 0.2) is 30.3 Å². The van der Waals surface area contributed by atoms with Crippen molar-refractivity contribution >= 4 is 0 Å². The Balaban J connectivity index is 1.57. The number of hydrogen-bond acceptors (Lipinski definition) is 2. The lowest BCUT2D eigenvalue weighted by molar-refractivity contribution is -0.208. The zero-order valence-electron chi connectivity index (χ0n) is 11.2. The van der Waals surface area contributed by atoms with Crippen LogP contribution in [0, 0.1) is 0 Å². The highest BCUT2D eigenvalue weighted by atomic mass is 16.7. The van der Waals surface area contributed by atoms with E-state index >= 15 is 0 Å². The molecule has 2 saturated heterocycles. The van der Waals surface area contributed by atoms with Crippen molar-refractivity contribution in [1.82, 2.24) is 5.06 Å². The van der Waals surface area contributed by atoms with Crippen molar-refractivity contribution in [3.63, 3.8) is 0 Å². The predicted molar refractivity (Wildman–Crippen MR) is 71.2 cm³/mol. The van der Waals surface area contributed by atoms with Crippen molar-refractivity contribution in [3.8, 4) is 0 Å². The highest BCUT2D eigenvalue weighted by molar-refractivity contribution is 5.33. The highest BCUT2D eigenvalue weighted by Gasteiger charge is 2.65. The summed E-state index contributed by atoms with van der Waals surface area (Å²) in [6.07, 6.45) is 5.01. The summed E-state index contributed by atoms with van der Waals surface area (Å²) in [5.74, 6) is 0.625. The number of hydrogen-bond donors (Lipinski definition) is 0. The highest BCUT2D eigenvalue weighted by Crippen LogP contribution is 2.63. The number of fused-ring (bicyclic) bond motifs is 1. The molecule has 3 atom stereocenters. The zero-order valence-corrected chi connectivity index (χ0v) is 11.2. The Bertz CT molecular complexity index is 469. The first-order valence-electron chi connectivity index (χ1n) is 7.14. The van der Waals surface area contributed by atoms with Gasteiger partial charge in [0, 0.05) is 17.5 Å². The molecule has 0 bridgehead atoms. The molecule has 18 heavy (non-hydrogen) atoms. The molecule has 96 valence electrons. The predicted octanol–water partition coefficient (Wildman–Crippen LogP) is 3.49. The molecule has 0 aromatic heterocycles. The Morgan fingerprint density at radius 1 is 1.17 bits per heavy atom. The average molecular weight is 243 g/mol. The van der Waals surface area contributed by atoms with Gasteiger partial charge in [0.25, 0.3) is 0 Å². The lowest BCUT2D eigenvalue weighted by Crippen LogP contribution is -2.39. The molecule has 1 spiro atoms. The van der Waals surface area contributed by atoms with Crippen molar-refractivity contribution in [1.29, 1.82) is 0 Å². The van der Waals surface area contributed by atoms with Gasteiger partial charge >= 0.3 is 0 Å². The van der Waals surface area contributed by atoms with Crippen LogP contribution in [0.1, 0.15) is 51.0 Å². The standard InChI is InChI=1S/C16H21NO/c1-15(2)9-8-13-10-16(18-17(13)15)11-14(16)12-6-4-3-5-7-12/h3-7,13-14H,8-11H2,1-2H3/t13-,14-,16+/m0/s1. The maximum Gasteiger partial charge on any atom is 0.0991 e. The Morgan fingerprint density at radius 2 is 1.94 bits per heavy atom. The van der Waals surface area contributed by atoms with Crippen LogP contribution in [0.5, 0.6) is 0 Å². The summed E-state index contributed by atoms with van der Waals surface area (Å²) < 4.78 is 0. The van der Waals surface area contributed by atoms with Crippen molar-refractivity contribution in [2.45, 2.75) is 62.6 Å². The molecule has 1 saturated carbocycles. The number of rotatable bonds is 1. The van der Waals surface area contributed by atoms with Gasteiger partial charge in [-0.3, -0.25) is 4.84 Å². The molecule has 0 radical (unpaired) electrons. The molecule has 0 amide bonds. The summed E-state index contributed by atoms with van der Waals surface area (Å²) >= 11 is 0. The van der Waals surface area contributed by atoms with E-state index in [4.69, 9.17) is 4.84 Å². The van der Waals surface area contributed by atoms with Crippen molar-refractivity contribution in [2.24, 2.45) is 0 Å². The monoisotopic (exact) mass is 243 g/mol. The molecular formula is C16H21NO. The quantitative estimate of drug-likeness (QED) is 0.748. The molecule has 2 heterocycles. The molecule has 4 rings (SSSR count). The van der Waals surface area contributed by atoms with Crippen molar-refractivity contribution < 1.29 is 4.84 Å². The van der Waals surface area contributed by atoms with Crippen molar-refractivity contribution in [2.75, 3.05) is 0 Å². The molecule has 2 nitrogen and oxygen atoms in total. The SMILES string of the molecule is CC1(C)CC[C@H]2C[C@]3(C[C@H]3c3ccccc3)ON21. The number of nitrogens with zero attached hydrogens (tertiary/aromatic N) is 1. The fourth-order valence-electron chi connectivity index (χ4n) is 3.98. The third kappa shape index (κ3) is 1.42. The van der Waals surface area contributed by atoms with Crippen LogP contribution in [0.4, 0.5) is 0 Å². The smallest absolute Gasteiger partial charge is 0.0991 e. The summed E-state index contributed by atoms with van der Waals surface area (Å²) in [7, 11) is 0. The van der Waals surface area contributed by atoms with Gasteiger partial charge in [-0.15, -0.1) is 0 Å². The van der Waals surface area contributed by atoms with Gasteiger partial charge in [-0.1, -0.05) is 30.3 Å². The van der Waals surface area contributed by atoms with Crippen LogP contribution >= 0.6 is 0 Å². The lowest BCUT2D eigenvalue weighted by Gasteiger charge is -2.30. The summed E-state index contributed by atoms with van der Waals surface area (Å²) in [5, 5.41) is 2.32. The first kappa shape index (κ1) is 11.0. The van der Waals surface area contributed by atoms with Gasteiger partial charge < -0.3 is 0 Å². The van der Waals surface area contributed by atoms with E-state index < -0.39 is 0 Å². The first-order valence-corrected chi connectivity index (χ1v) is 7.14. The normalized spacial score (nSPS) is 41.2. The second-order valence-electron chi connectivity index (χ2n) is 6.86. The molecule has 3 fully saturated rings. The molecule has 3 aliphatic rings. The lowest BCUT2D eigenvalue weighted by atomic mass is 10.00. The molecule has 1 aromatic carbocycles. The van der Waals surface area contributed by atoms with Crippen LogP contribution in [0.3, 0.4) is 0 Å². The number of hydroxylamine groups is 2. The second kappa shape index (κ2) is 3.37. The van der Waals surface area contributed by atoms with E-state index in [9.17, 15) is 0 Å². The van der Waals surface area contributed by atoms with Crippen LogP contribution in [-0.4, -0.2) is 22.2 Å². The van der Waals surface area contributed by atoms with Crippen LogP contribution in [0.2, 0.25) is 0 Å². The minimum atomic E-state index is 0.143. The van der Waals surface area contributed by atoms with Gasteiger partial charge in [-0.25, -0.2) is 0 Å². The van der Waals surface area contributed by atoms with Crippen molar-refractivity contribution in [3.05, 3.63) is 35.9 Å². The molecule has 1 aliphatic carbocycles. The maximum absolute atomic E-state index is 6.40. The molecular weight excluding hydrogens is 222 g/mol. The minimum absolute atomic E-state index is 0.143. The molecule has 0 unspecified atom stereocenters. The van der Waals surface area contributed by atoms with E-state index in [-0.39, 0.29) is 11.1 Å². The first-order chi connectivity index (χ1) is 8.61. The molecule has 2 heteroatoms. The van der Waals surface area contributed by atoms with Gasteiger partial charge in [0.05, 0.1) is 5.60 Å². The summed E-state index contributed by atoms with van der Waals surface area (Å²) in [6.45, 7) is 4.62. The van der Waals surface area contributed by atoms with Gasteiger partial charge in [-0.05, 0) is 45.1 Å². The van der Waals surface area contributed by atoms with Crippen LogP contribution in [-0.2, 0) is 4.84 Å².